The van der Waals surface area contributed by atoms with Crippen LogP contribution >= 0.6 is 0 Å². The lowest BCUT2D eigenvalue weighted by molar-refractivity contribution is -0.180. The highest BCUT2D eigenvalue weighted by Crippen LogP contribution is 2.25. The summed E-state index contributed by atoms with van der Waals surface area (Å²) in [5.74, 6) is -8.84. The van der Waals surface area contributed by atoms with E-state index >= 15 is 0 Å². The van der Waals surface area contributed by atoms with Gasteiger partial charge in [0.15, 0.2) is 0 Å². The van der Waals surface area contributed by atoms with Crippen LogP contribution in [0.4, 0.5) is 17.6 Å². The molecule has 1 N–H and O–H groups in total. The van der Waals surface area contributed by atoms with Crippen LogP contribution < -0.4 is 0 Å². The molecule has 0 aliphatic carbocycles. The predicted octanol–water partition coefficient (Wildman–Crippen LogP) is 8.28. The summed E-state index contributed by atoms with van der Waals surface area (Å²) in [6.45, 7) is 7.06. The molecule has 10 nitrogen and oxygen atoms in total. The Hall–Kier alpha value is -4.35. The highest BCUT2D eigenvalue weighted by Gasteiger charge is 2.45. The van der Waals surface area contributed by atoms with E-state index in [2.05, 4.69) is 46.6 Å². The highest BCUT2D eigenvalue weighted by atomic mass is 19.3. The zero-order valence-electron chi connectivity index (χ0n) is 23.5. The van der Waals surface area contributed by atoms with Gasteiger partial charge in [0.1, 0.15) is 6.10 Å². The standard InChI is InChI=1S/C12H13F2N3O.C11H11F2N3O3.C5H10/c1-2-11(12(13,14)9-16-17-15)18-8-10-6-4-3-5-7-10;12-11(13,7-15-16-14)9(10(17)18)19-6-8-4-2-1-3-5-8;1-4-5(2)3/h2-7,11H,1,8-9H2;1-5,9H,6-7H2,(H,17,18);4H,1-3H3/t11-;9-;/m11./s1. The number of hydrogen-bond acceptors (Lipinski definition) is 5. The Balaban J connectivity index is 0.000000691. The van der Waals surface area contributed by atoms with E-state index in [-0.39, 0.29) is 13.2 Å². The second-order valence-corrected chi connectivity index (χ2v) is 8.63. The minimum absolute atomic E-state index is 0.0450. The van der Waals surface area contributed by atoms with Crippen molar-refractivity contribution in [2.24, 2.45) is 10.2 Å². The van der Waals surface area contributed by atoms with E-state index in [1.54, 1.807) is 54.6 Å². The first-order valence-corrected chi connectivity index (χ1v) is 12.4. The fraction of sp³-hybridized carbons (Fsp3) is 0.393. The molecule has 0 saturated heterocycles. The molecule has 0 bridgehead atoms. The molecule has 42 heavy (non-hydrogen) atoms. The van der Waals surface area contributed by atoms with Crippen LogP contribution in [-0.4, -0.2) is 48.2 Å². The van der Waals surface area contributed by atoms with E-state index in [0.29, 0.717) is 5.56 Å². The number of ether oxygens (including phenoxy) is 2. The Morgan fingerprint density at radius 3 is 1.67 bits per heavy atom. The second kappa shape index (κ2) is 20.5. The molecule has 0 saturated carbocycles. The number of benzene rings is 2. The number of carbonyl (C=O) groups is 1. The lowest BCUT2D eigenvalue weighted by Gasteiger charge is -2.22. The number of azide groups is 2. The lowest BCUT2D eigenvalue weighted by atomic mass is 10.2. The van der Waals surface area contributed by atoms with Gasteiger partial charge in [-0.15, -0.1) is 6.58 Å². The summed E-state index contributed by atoms with van der Waals surface area (Å²) in [4.78, 5) is 15.3. The molecule has 14 heteroatoms. The Morgan fingerprint density at radius 2 is 1.31 bits per heavy atom. The maximum Gasteiger partial charge on any atom is 0.339 e. The molecule has 2 aromatic rings. The molecule has 0 aromatic heterocycles. The van der Waals surface area contributed by atoms with Crippen LogP contribution in [0.1, 0.15) is 31.9 Å². The zero-order chi connectivity index (χ0) is 32.0. The van der Waals surface area contributed by atoms with Crippen LogP contribution in [0.25, 0.3) is 20.9 Å². The summed E-state index contributed by atoms with van der Waals surface area (Å²) in [7, 11) is 0. The number of allylic oxidation sites excluding steroid dienone is 2. The molecule has 0 spiro atoms. The SMILES string of the molecule is C=C[C@@H](OCc1ccccc1)C(F)(F)CN=[N+]=[N-].CC=C(C)C.[N-]=[N+]=NCC(F)(F)[C@H](OCc1ccccc1)C(=O)O. The monoisotopic (exact) mass is 594 g/mol. The minimum atomic E-state index is -3.77. The van der Waals surface area contributed by atoms with Crippen molar-refractivity contribution in [3.05, 3.63) is 117 Å². The molecule has 228 valence electrons. The van der Waals surface area contributed by atoms with Crippen molar-refractivity contribution in [2.45, 2.75) is 58.0 Å². The van der Waals surface area contributed by atoms with E-state index in [4.69, 9.17) is 25.6 Å². The summed E-state index contributed by atoms with van der Waals surface area (Å²) >= 11 is 0. The molecule has 2 atom stereocenters. The number of hydrogen-bond donors (Lipinski definition) is 1. The van der Waals surface area contributed by atoms with Crippen molar-refractivity contribution < 1.29 is 36.9 Å². The number of rotatable bonds is 14. The first kappa shape index (κ1) is 37.6. The topological polar surface area (TPSA) is 153 Å². The van der Waals surface area contributed by atoms with E-state index in [0.717, 1.165) is 11.6 Å². The molecular weight excluding hydrogens is 560 g/mol. The van der Waals surface area contributed by atoms with E-state index in [9.17, 15) is 22.4 Å². The zero-order valence-corrected chi connectivity index (χ0v) is 23.5. The van der Waals surface area contributed by atoms with Crippen LogP contribution in [0, 0.1) is 0 Å². The van der Waals surface area contributed by atoms with Gasteiger partial charge in [0.25, 0.3) is 11.8 Å². The number of alkyl halides is 4. The van der Waals surface area contributed by atoms with Crippen molar-refractivity contribution in [2.75, 3.05) is 13.1 Å². The van der Waals surface area contributed by atoms with Gasteiger partial charge in [0, 0.05) is 9.82 Å². The van der Waals surface area contributed by atoms with Crippen molar-refractivity contribution >= 4 is 5.97 Å². The molecule has 0 unspecified atom stereocenters. The van der Waals surface area contributed by atoms with Gasteiger partial charge < -0.3 is 14.6 Å². The van der Waals surface area contributed by atoms with Gasteiger partial charge in [-0.2, -0.15) is 0 Å². The summed E-state index contributed by atoms with van der Waals surface area (Å²) in [5.41, 5.74) is 18.8. The maximum absolute atomic E-state index is 13.5. The van der Waals surface area contributed by atoms with E-state index in [1.807, 2.05) is 13.0 Å². The number of aliphatic carboxylic acids is 1. The molecule has 2 aromatic carbocycles. The van der Waals surface area contributed by atoms with E-state index < -0.39 is 43.1 Å². The van der Waals surface area contributed by atoms with Gasteiger partial charge in [0.2, 0.25) is 6.10 Å². The van der Waals surface area contributed by atoms with Crippen LogP contribution in [-0.2, 0) is 27.5 Å². The van der Waals surface area contributed by atoms with Crippen molar-refractivity contribution in [1.82, 2.24) is 0 Å². The molecule has 0 aliphatic heterocycles. The molecule has 0 aliphatic rings. The van der Waals surface area contributed by atoms with Gasteiger partial charge in [0.05, 0.1) is 26.3 Å². The van der Waals surface area contributed by atoms with Crippen LogP contribution in [0.2, 0.25) is 0 Å². The first-order chi connectivity index (χ1) is 19.8. The van der Waals surface area contributed by atoms with Crippen LogP contribution in [0.5, 0.6) is 0 Å². The van der Waals surface area contributed by atoms with Crippen molar-refractivity contribution in [3.8, 4) is 0 Å². The quantitative estimate of drug-likeness (QED) is 0.0768. The van der Waals surface area contributed by atoms with Crippen LogP contribution in [0.3, 0.4) is 0 Å². The molecule has 0 fully saturated rings. The average molecular weight is 595 g/mol. The smallest absolute Gasteiger partial charge is 0.339 e. The number of halogens is 4. The fourth-order valence-electron chi connectivity index (χ4n) is 2.67. The summed E-state index contributed by atoms with van der Waals surface area (Å²) in [6.07, 6.45) is -0.753. The first-order valence-electron chi connectivity index (χ1n) is 12.4. The molecule has 2 rings (SSSR count). The Bertz CT molecular complexity index is 1200. The molecular formula is C28H34F4N6O4. The third-order valence-electron chi connectivity index (χ3n) is 5.04. The van der Waals surface area contributed by atoms with Gasteiger partial charge in [-0.05, 0) is 43.0 Å². The lowest BCUT2D eigenvalue weighted by Crippen LogP contribution is -2.44. The van der Waals surface area contributed by atoms with Gasteiger partial charge in [-0.25, -0.2) is 22.4 Å². The Morgan fingerprint density at radius 1 is 0.905 bits per heavy atom. The van der Waals surface area contributed by atoms with Gasteiger partial charge in [-0.1, -0.05) is 88.6 Å². The van der Waals surface area contributed by atoms with Crippen molar-refractivity contribution in [1.29, 1.82) is 0 Å². The van der Waals surface area contributed by atoms with Gasteiger partial charge >= 0.3 is 5.97 Å². The fourth-order valence-corrected chi connectivity index (χ4v) is 2.67. The molecule has 0 amide bonds. The van der Waals surface area contributed by atoms with E-state index in [1.165, 1.54) is 5.57 Å². The summed E-state index contributed by atoms with van der Waals surface area (Å²) < 4.78 is 63.8. The normalized spacial score (nSPS) is 11.9. The van der Waals surface area contributed by atoms with Crippen LogP contribution in [0.15, 0.2) is 95.2 Å². The third-order valence-corrected chi connectivity index (χ3v) is 5.04. The van der Waals surface area contributed by atoms with Gasteiger partial charge in [-0.3, -0.25) is 0 Å². The second-order valence-electron chi connectivity index (χ2n) is 8.63. The Labute approximate surface area is 241 Å². The highest BCUT2D eigenvalue weighted by molar-refractivity contribution is 5.73. The third kappa shape index (κ3) is 16.0. The largest absolute Gasteiger partial charge is 0.479 e. The number of carboxylic acid groups (broad SMARTS) is 1. The Kier molecular flexibility index (Phi) is 18.4. The maximum atomic E-state index is 13.5. The minimum Gasteiger partial charge on any atom is -0.479 e. The molecule has 0 radical (unpaired) electrons. The van der Waals surface area contributed by atoms with Crippen molar-refractivity contribution in [3.63, 3.8) is 0 Å². The summed E-state index contributed by atoms with van der Waals surface area (Å²) in [6, 6.07) is 17.3. The number of carboxylic acids is 1. The predicted molar refractivity (Wildman–Crippen MR) is 151 cm³/mol. The molecule has 0 heterocycles. The number of nitrogens with zero attached hydrogens (tertiary/aromatic N) is 6. The average Bonchev–Trinajstić information content (AvgIpc) is 2.97. The summed E-state index contributed by atoms with van der Waals surface area (Å²) in [5, 5.41) is 14.3.